The highest BCUT2D eigenvalue weighted by Crippen LogP contribution is 2.17. The van der Waals surface area contributed by atoms with Crippen molar-refractivity contribution in [2.75, 3.05) is 13.1 Å². The highest BCUT2D eigenvalue weighted by Gasteiger charge is 2.12. The second-order valence-electron chi connectivity index (χ2n) is 4.43. The van der Waals surface area contributed by atoms with Gasteiger partial charge in [-0.1, -0.05) is 31.5 Å². The van der Waals surface area contributed by atoms with Crippen LogP contribution in [-0.2, 0) is 6.54 Å². The van der Waals surface area contributed by atoms with Crippen LogP contribution in [0, 0.1) is 17.1 Å². The largest absolute Gasteiger partial charge is 0.387 e. The summed E-state index contributed by atoms with van der Waals surface area (Å²) in [6.07, 6.45) is 0. The average molecular weight is 272 g/mol. The Labute approximate surface area is 112 Å². The van der Waals surface area contributed by atoms with E-state index in [1.54, 1.807) is 12.1 Å². The van der Waals surface area contributed by atoms with Gasteiger partial charge in [0.05, 0.1) is 10.9 Å². The topological polar surface area (TPSA) is 53.1 Å². The molecule has 1 rings (SSSR count). The number of benzene rings is 1. The molecule has 0 amide bonds. The van der Waals surface area contributed by atoms with Crippen LogP contribution in [0.25, 0.3) is 0 Å². The van der Waals surface area contributed by atoms with Gasteiger partial charge in [0.25, 0.3) is 0 Å². The molecule has 18 heavy (non-hydrogen) atoms. The van der Waals surface area contributed by atoms with Crippen molar-refractivity contribution in [3.63, 3.8) is 0 Å². The SMILES string of the molecule is CCN(Cc1ccc(F)c(Cl)c1)CC(C)C(=N)N. The van der Waals surface area contributed by atoms with Gasteiger partial charge in [0, 0.05) is 19.0 Å². The normalized spacial score (nSPS) is 12.7. The third-order valence-electron chi connectivity index (χ3n) is 2.90. The molecule has 1 unspecified atom stereocenters. The first-order valence-corrected chi connectivity index (χ1v) is 6.32. The number of nitrogens with two attached hydrogens (primary N) is 1. The first-order valence-electron chi connectivity index (χ1n) is 5.94. The fraction of sp³-hybridized carbons (Fsp3) is 0.462. The molecule has 100 valence electrons. The van der Waals surface area contributed by atoms with Crippen molar-refractivity contribution >= 4 is 17.4 Å². The van der Waals surface area contributed by atoms with Crippen LogP contribution < -0.4 is 5.73 Å². The maximum Gasteiger partial charge on any atom is 0.141 e. The summed E-state index contributed by atoms with van der Waals surface area (Å²) >= 11 is 5.75. The quantitative estimate of drug-likeness (QED) is 0.617. The summed E-state index contributed by atoms with van der Waals surface area (Å²) in [6.45, 7) is 6.18. The molecule has 0 aliphatic carbocycles. The fourth-order valence-corrected chi connectivity index (χ4v) is 1.89. The Bertz CT molecular complexity index is 423. The minimum atomic E-state index is -0.402. The van der Waals surface area contributed by atoms with E-state index in [0.717, 1.165) is 12.1 Å². The maximum absolute atomic E-state index is 13.0. The van der Waals surface area contributed by atoms with E-state index in [2.05, 4.69) is 4.90 Å². The lowest BCUT2D eigenvalue weighted by atomic mass is 10.1. The molecule has 0 heterocycles. The third-order valence-corrected chi connectivity index (χ3v) is 3.19. The van der Waals surface area contributed by atoms with Crippen LogP contribution >= 0.6 is 11.6 Å². The first-order chi connectivity index (χ1) is 8.43. The van der Waals surface area contributed by atoms with E-state index >= 15 is 0 Å². The Morgan fingerprint density at radius 3 is 2.72 bits per heavy atom. The number of rotatable bonds is 6. The fourth-order valence-electron chi connectivity index (χ4n) is 1.69. The molecule has 1 aromatic rings. The van der Waals surface area contributed by atoms with Crippen molar-refractivity contribution in [2.24, 2.45) is 11.7 Å². The minimum Gasteiger partial charge on any atom is -0.387 e. The third kappa shape index (κ3) is 4.27. The molecule has 5 heteroatoms. The first kappa shape index (κ1) is 14.9. The van der Waals surface area contributed by atoms with E-state index < -0.39 is 5.82 Å². The van der Waals surface area contributed by atoms with Gasteiger partial charge in [-0.25, -0.2) is 4.39 Å². The van der Waals surface area contributed by atoms with Crippen molar-refractivity contribution in [3.05, 3.63) is 34.6 Å². The van der Waals surface area contributed by atoms with Crippen molar-refractivity contribution in [3.8, 4) is 0 Å². The molecule has 3 nitrogen and oxygen atoms in total. The Hall–Kier alpha value is -1.13. The predicted molar refractivity (Wildman–Crippen MR) is 73.4 cm³/mol. The predicted octanol–water partition coefficient (Wildman–Crippen LogP) is 2.87. The lowest BCUT2D eigenvalue weighted by Crippen LogP contribution is -2.34. The molecule has 0 bridgehead atoms. The van der Waals surface area contributed by atoms with Crippen LogP contribution in [-0.4, -0.2) is 23.8 Å². The Morgan fingerprint density at radius 2 is 2.22 bits per heavy atom. The number of nitrogens with zero attached hydrogens (tertiary/aromatic N) is 1. The number of amidine groups is 1. The number of halogens is 2. The van der Waals surface area contributed by atoms with E-state index in [1.807, 2.05) is 13.8 Å². The average Bonchev–Trinajstić information content (AvgIpc) is 2.32. The van der Waals surface area contributed by atoms with Gasteiger partial charge in [0.15, 0.2) is 0 Å². The van der Waals surface area contributed by atoms with Crippen LogP contribution in [0.1, 0.15) is 19.4 Å². The molecule has 0 saturated carbocycles. The second kappa shape index (κ2) is 6.71. The molecular formula is C13H19ClFN3. The lowest BCUT2D eigenvalue weighted by Gasteiger charge is -2.23. The van der Waals surface area contributed by atoms with Crippen LogP contribution in [0.5, 0.6) is 0 Å². The van der Waals surface area contributed by atoms with E-state index in [1.165, 1.54) is 6.07 Å². The summed E-state index contributed by atoms with van der Waals surface area (Å²) in [4.78, 5) is 2.15. The molecule has 0 radical (unpaired) electrons. The van der Waals surface area contributed by atoms with Crippen molar-refractivity contribution in [1.29, 1.82) is 5.41 Å². The standard InChI is InChI=1S/C13H19ClFN3/c1-3-18(7-9(2)13(16)17)8-10-4-5-12(15)11(14)6-10/h4-6,9H,3,7-8H2,1-2H3,(H3,16,17). The Balaban J connectivity index is 2.67. The van der Waals surface area contributed by atoms with Crippen molar-refractivity contribution in [2.45, 2.75) is 20.4 Å². The zero-order valence-electron chi connectivity index (χ0n) is 10.7. The van der Waals surface area contributed by atoms with Gasteiger partial charge in [-0.2, -0.15) is 0 Å². The molecule has 3 N–H and O–H groups in total. The van der Waals surface area contributed by atoms with E-state index in [-0.39, 0.29) is 16.8 Å². The number of hydrogen-bond donors (Lipinski definition) is 2. The summed E-state index contributed by atoms with van der Waals surface area (Å²) in [5, 5.41) is 7.53. The molecular weight excluding hydrogens is 253 g/mol. The van der Waals surface area contributed by atoms with E-state index in [4.69, 9.17) is 22.7 Å². The van der Waals surface area contributed by atoms with Gasteiger partial charge >= 0.3 is 0 Å². The summed E-state index contributed by atoms with van der Waals surface area (Å²) in [5.41, 5.74) is 6.42. The lowest BCUT2D eigenvalue weighted by molar-refractivity contribution is 0.263. The summed E-state index contributed by atoms with van der Waals surface area (Å²) in [5.74, 6) is -0.202. The van der Waals surface area contributed by atoms with E-state index in [0.29, 0.717) is 13.1 Å². The van der Waals surface area contributed by atoms with E-state index in [9.17, 15) is 4.39 Å². The summed E-state index contributed by atoms with van der Waals surface area (Å²) < 4.78 is 13.0. The monoisotopic (exact) mass is 271 g/mol. The Kier molecular flexibility index (Phi) is 5.56. The zero-order valence-corrected chi connectivity index (χ0v) is 11.5. The smallest absolute Gasteiger partial charge is 0.141 e. The Morgan fingerprint density at radius 1 is 1.56 bits per heavy atom. The molecule has 0 aromatic heterocycles. The maximum atomic E-state index is 13.0. The van der Waals surface area contributed by atoms with Crippen LogP contribution in [0.4, 0.5) is 4.39 Å². The van der Waals surface area contributed by atoms with Gasteiger partial charge in [-0.15, -0.1) is 0 Å². The minimum absolute atomic E-state index is 0.0147. The van der Waals surface area contributed by atoms with Gasteiger partial charge in [-0.05, 0) is 24.2 Å². The van der Waals surface area contributed by atoms with Crippen molar-refractivity contribution < 1.29 is 4.39 Å². The van der Waals surface area contributed by atoms with Crippen LogP contribution in [0.15, 0.2) is 18.2 Å². The van der Waals surface area contributed by atoms with Gasteiger partial charge in [0.1, 0.15) is 5.82 Å². The summed E-state index contributed by atoms with van der Waals surface area (Å²) in [6, 6.07) is 4.74. The molecule has 0 saturated heterocycles. The van der Waals surface area contributed by atoms with Crippen molar-refractivity contribution in [1.82, 2.24) is 4.90 Å². The molecule has 0 aliphatic heterocycles. The molecule has 0 spiro atoms. The molecule has 1 aromatic carbocycles. The highest BCUT2D eigenvalue weighted by atomic mass is 35.5. The molecule has 1 atom stereocenters. The molecule has 0 aliphatic rings. The summed E-state index contributed by atoms with van der Waals surface area (Å²) in [7, 11) is 0. The number of nitrogens with one attached hydrogen (secondary N) is 1. The zero-order chi connectivity index (χ0) is 13.7. The van der Waals surface area contributed by atoms with Gasteiger partial charge in [0.2, 0.25) is 0 Å². The second-order valence-corrected chi connectivity index (χ2v) is 4.84. The van der Waals surface area contributed by atoms with Crippen LogP contribution in [0.3, 0.4) is 0 Å². The van der Waals surface area contributed by atoms with Gasteiger partial charge < -0.3 is 5.73 Å². The van der Waals surface area contributed by atoms with Gasteiger partial charge in [-0.3, -0.25) is 10.3 Å². The van der Waals surface area contributed by atoms with Crippen LogP contribution in [0.2, 0.25) is 5.02 Å². The highest BCUT2D eigenvalue weighted by molar-refractivity contribution is 6.30. The molecule has 0 fully saturated rings. The number of hydrogen-bond acceptors (Lipinski definition) is 2.